The summed E-state index contributed by atoms with van der Waals surface area (Å²) in [6.07, 6.45) is 7.52. The van der Waals surface area contributed by atoms with Crippen molar-refractivity contribution in [2.24, 2.45) is 10.4 Å². The van der Waals surface area contributed by atoms with E-state index in [2.05, 4.69) is 84.1 Å². The Labute approximate surface area is 679 Å². The fourth-order valence-corrected chi connectivity index (χ4v) is 15.4. The second-order valence-corrected chi connectivity index (χ2v) is 31.3. The molecule has 4 aliphatic rings. The fraction of sp³-hybridized carbons (Fsp3) is 0.337. The highest BCUT2D eigenvalue weighted by molar-refractivity contribution is 6.42. The van der Waals surface area contributed by atoms with Crippen molar-refractivity contribution in [1.82, 2.24) is 63.6 Å². The van der Waals surface area contributed by atoms with Gasteiger partial charge in [-0.15, -0.1) is 0 Å². The van der Waals surface area contributed by atoms with Crippen molar-refractivity contribution in [3.8, 4) is 46.0 Å². The van der Waals surface area contributed by atoms with Crippen LogP contribution in [0.5, 0.6) is 0 Å². The minimum Gasteiger partial charge on any atom is -0.398 e. The van der Waals surface area contributed by atoms with E-state index in [1.165, 1.54) is 45.6 Å². The first kappa shape index (κ1) is 83.4. The third-order valence-corrected chi connectivity index (χ3v) is 21.2. The quantitative estimate of drug-likeness (QED) is 0.0601. The molecular formula is C83H86Cl4F2N20O5. The summed E-state index contributed by atoms with van der Waals surface area (Å²) in [5, 5.41) is 20.5. The van der Waals surface area contributed by atoms with Gasteiger partial charge in [-0.05, 0) is 122 Å². The maximum absolute atomic E-state index is 15.1. The summed E-state index contributed by atoms with van der Waals surface area (Å²) in [7, 11) is 0. The zero-order chi connectivity index (χ0) is 82.6. The molecule has 3 amide bonds. The molecule has 2 unspecified atom stereocenters. The van der Waals surface area contributed by atoms with Crippen molar-refractivity contribution in [3.63, 3.8) is 0 Å². The molecule has 3 atom stereocenters. The lowest BCUT2D eigenvalue weighted by molar-refractivity contribution is -0.130. The summed E-state index contributed by atoms with van der Waals surface area (Å²) in [5.74, 6) is 0.893. The lowest BCUT2D eigenvalue weighted by atomic mass is 9.95. The monoisotopic (exact) mass is 1620 g/mol. The molecule has 11 heterocycles. The maximum Gasteiger partial charge on any atom is 0.355 e. The van der Waals surface area contributed by atoms with Crippen LogP contribution in [0.25, 0.3) is 56.0 Å². The number of anilines is 4. The molecule has 7 aromatic heterocycles. The van der Waals surface area contributed by atoms with Crippen LogP contribution in [-0.2, 0) is 14.4 Å². The van der Waals surface area contributed by atoms with Crippen LogP contribution in [0.1, 0.15) is 108 Å². The molecule has 3 saturated heterocycles. The number of aromatic nitrogens is 9. The first-order valence-electron chi connectivity index (χ1n) is 36.9. The summed E-state index contributed by atoms with van der Waals surface area (Å²) in [4.78, 5) is 114. The Balaban J connectivity index is 0.000000169. The van der Waals surface area contributed by atoms with E-state index >= 15 is 4.39 Å². The lowest BCUT2D eigenvalue weighted by Gasteiger charge is -2.43. The Morgan fingerprint density at radius 3 is 1.60 bits per heavy atom. The maximum atomic E-state index is 15.1. The molecular weight excluding hydrogens is 1540 g/mol. The van der Waals surface area contributed by atoms with Crippen molar-refractivity contribution in [2.75, 3.05) is 85.9 Å². The third-order valence-electron chi connectivity index (χ3n) is 20.0. The molecule has 31 heteroatoms. The summed E-state index contributed by atoms with van der Waals surface area (Å²) >= 11 is 26.1. The molecule has 114 heavy (non-hydrogen) atoms. The van der Waals surface area contributed by atoms with E-state index < -0.39 is 29.1 Å². The lowest BCUT2D eigenvalue weighted by Crippen LogP contribution is -2.56. The van der Waals surface area contributed by atoms with Gasteiger partial charge in [-0.2, -0.15) is 20.5 Å². The van der Waals surface area contributed by atoms with Crippen LogP contribution in [0.3, 0.4) is 0 Å². The normalized spacial score (nSPS) is 16.4. The minimum absolute atomic E-state index is 0.0168. The van der Waals surface area contributed by atoms with Crippen LogP contribution in [0, 0.1) is 53.6 Å². The Morgan fingerprint density at radius 2 is 1.09 bits per heavy atom. The molecule has 4 aliphatic heterocycles. The van der Waals surface area contributed by atoms with Crippen LogP contribution in [-0.4, -0.2) is 171 Å². The number of benzene rings is 2. The van der Waals surface area contributed by atoms with Gasteiger partial charge in [0.25, 0.3) is 0 Å². The molecule has 13 rings (SSSR count). The van der Waals surface area contributed by atoms with Gasteiger partial charge < -0.3 is 40.0 Å². The van der Waals surface area contributed by atoms with Crippen LogP contribution >= 0.6 is 46.4 Å². The number of amides is 3. The molecule has 0 saturated carbocycles. The van der Waals surface area contributed by atoms with E-state index in [0.29, 0.717) is 150 Å². The number of aryl methyl sites for hydroxylation is 2. The van der Waals surface area contributed by atoms with Gasteiger partial charge in [0.05, 0.1) is 108 Å². The van der Waals surface area contributed by atoms with Gasteiger partial charge in [-0.1, -0.05) is 139 Å². The number of piperazine rings is 3. The Bertz CT molecular complexity index is 5590. The first-order valence-corrected chi connectivity index (χ1v) is 38.4. The number of amidine groups is 1. The highest BCUT2D eigenvalue weighted by Gasteiger charge is 2.39. The van der Waals surface area contributed by atoms with Crippen molar-refractivity contribution in [2.45, 2.75) is 112 Å². The topological polar surface area (TPSA) is 294 Å². The van der Waals surface area contributed by atoms with Gasteiger partial charge in [-0.3, -0.25) is 24.4 Å². The standard InChI is InChI=1S/C30H31ClFN7O2.C28H30ClFN6O.C25H25Cl2N7O2/c1-6-23(40)38-13-12-37(15-18(38)5)28-19-14-20(31)26(24-21(32)8-7-9-22(24)33)35-29(19)39(30(41)36-28)27-17(4)10-11-34-25(27)16(2)3;1-6-24(37)35-14-13-34(16-19(35)11-12-31)26-21-15-22(29)25(20-9-7-8-10-23(20)30)33-27(21)36(18(2)32-26)17-28(3,4)5;1-5-19(35)33-11-10-32(13-16(33)6-8-28)23-17-12-18(26)22(27)30-24(17)34(25(36)31-23)21-15(4)7-9-29-20(21)14(2)3/h6-11,14,16,18H,1,12-13,15,33H2,2-5H3;6-10,15,19H,1-2,11,13-14,16-17H2,3-5H3;5,7,9,12,14,16H,1,6,10-11,13H2,2-4H3/t18-;;/m1../s1. The number of carbonyl (C=O) groups excluding carboxylic acids is 3. The summed E-state index contributed by atoms with van der Waals surface area (Å²) in [6, 6.07) is 22.9. The number of halogens is 6. The highest BCUT2D eigenvalue weighted by Crippen LogP contribution is 2.42. The van der Waals surface area contributed by atoms with Gasteiger partial charge in [0.15, 0.2) is 11.3 Å². The highest BCUT2D eigenvalue weighted by atomic mass is 35.5. The molecule has 0 spiro atoms. The van der Waals surface area contributed by atoms with Gasteiger partial charge in [0.2, 0.25) is 17.7 Å². The second-order valence-electron chi connectivity index (χ2n) is 29.8. The Morgan fingerprint density at radius 1 is 0.605 bits per heavy atom. The van der Waals surface area contributed by atoms with Crippen molar-refractivity contribution in [1.29, 1.82) is 10.5 Å². The number of fused-ring (bicyclic) bond motifs is 3. The van der Waals surface area contributed by atoms with Gasteiger partial charge >= 0.3 is 11.4 Å². The SMILES string of the molecule is C=CC(=O)N1CCN(C2=NC(=C)N(CC(C)(C)C)c3nc(-c4ccccc4F)c(Cl)cc32)CC1CC#N.C=CC(=O)N1CCN(c2nc(=O)n(-c3c(C)ccnc3C(C)C)c3nc(-c4c(N)cccc4F)c(Cl)cc23)C[C@H]1C.C=CC(=O)N1CCN(c2nc(=O)n(-c3c(C)ccnc3C(C)C)c3nc(Cl)c(Cl)cc23)CC1CC#N. The van der Waals surface area contributed by atoms with E-state index in [4.69, 9.17) is 67.1 Å². The number of nitriles is 2. The number of nitrogens with two attached hydrogens (primary N) is 1. The zero-order valence-corrected chi connectivity index (χ0v) is 67.9. The van der Waals surface area contributed by atoms with E-state index in [1.807, 2.05) is 80.2 Å². The predicted octanol–water partition coefficient (Wildman–Crippen LogP) is 14.1. The van der Waals surface area contributed by atoms with Crippen molar-refractivity contribution < 1.29 is 23.2 Å². The molecule has 0 radical (unpaired) electrons. The predicted molar refractivity (Wildman–Crippen MR) is 445 cm³/mol. The number of pyridine rings is 5. The van der Waals surface area contributed by atoms with Gasteiger partial charge in [-0.25, -0.2) is 47.4 Å². The average Bonchev–Trinajstić information content (AvgIpc) is 0.749. The minimum atomic E-state index is -0.584. The second kappa shape index (κ2) is 34.9. The molecule has 2 aromatic carbocycles. The summed E-state index contributed by atoms with van der Waals surface area (Å²) in [6.45, 7) is 39.2. The molecule has 3 fully saturated rings. The zero-order valence-electron chi connectivity index (χ0n) is 64.9. The molecule has 2 N–H and O–H groups in total. The van der Waals surface area contributed by atoms with E-state index in [-0.39, 0.29) is 97.7 Å². The van der Waals surface area contributed by atoms with E-state index in [9.17, 15) is 38.9 Å². The number of aliphatic imine (C=N–C) groups is 1. The van der Waals surface area contributed by atoms with Crippen LogP contribution in [0.4, 0.5) is 31.9 Å². The number of hydrogen-bond acceptors (Lipinski definition) is 20. The van der Waals surface area contributed by atoms with Crippen molar-refractivity contribution >= 4 is 115 Å². The van der Waals surface area contributed by atoms with E-state index in [0.717, 1.165) is 16.8 Å². The Kier molecular flexibility index (Phi) is 25.5. The Hall–Kier alpha value is -11.5. The van der Waals surface area contributed by atoms with Crippen LogP contribution in [0.15, 0.2) is 150 Å². The third kappa shape index (κ3) is 17.1. The summed E-state index contributed by atoms with van der Waals surface area (Å²) in [5.41, 5.74) is 11.4. The van der Waals surface area contributed by atoms with E-state index in [1.54, 1.807) is 69.6 Å². The smallest absolute Gasteiger partial charge is 0.355 e. The van der Waals surface area contributed by atoms with Crippen molar-refractivity contribution in [3.05, 3.63) is 216 Å². The first-order chi connectivity index (χ1) is 54.2. The van der Waals surface area contributed by atoms with Gasteiger partial charge in [0, 0.05) is 95.1 Å². The fourth-order valence-electron chi connectivity index (χ4n) is 14.6. The number of nitrogens with zero attached hydrogens (tertiary/aromatic N) is 19. The number of nitrogen functional groups attached to an aromatic ring is 1. The number of hydrogen-bond donors (Lipinski definition) is 1. The van der Waals surface area contributed by atoms with Gasteiger partial charge in [0.1, 0.15) is 45.9 Å². The largest absolute Gasteiger partial charge is 0.398 e. The molecule has 25 nitrogen and oxygen atoms in total. The molecule has 9 aromatic rings. The summed E-state index contributed by atoms with van der Waals surface area (Å²) < 4.78 is 32.7. The number of rotatable bonds is 14. The number of carbonyl (C=O) groups is 3. The van der Waals surface area contributed by atoms with Crippen LogP contribution in [0.2, 0.25) is 20.2 Å². The average molecular weight is 1620 g/mol. The molecule has 0 bridgehead atoms. The molecule has 590 valence electrons. The van der Waals surface area contributed by atoms with Crippen LogP contribution < -0.4 is 31.8 Å². The molecule has 0 aliphatic carbocycles.